The first-order valence-corrected chi connectivity index (χ1v) is 8.75. The fourth-order valence-electron chi connectivity index (χ4n) is 3.66. The molecule has 0 spiro atoms. The van der Waals surface area contributed by atoms with E-state index in [4.69, 9.17) is 14.3 Å². The first-order chi connectivity index (χ1) is 10.4. The normalized spacial score (nSPS) is 26.1. The summed E-state index contributed by atoms with van der Waals surface area (Å²) in [5.74, 6) is 0.626. The van der Waals surface area contributed by atoms with Crippen LogP contribution < -0.4 is 5.46 Å². The summed E-state index contributed by atoms with van der Waals surface area (Å²) >= 11 is 0. The van der Waals surface area contributed by atoms with Crippen LogP contribution in [0.3, 0.4) is 0 Å². The molecule has 4 heteroatoms. The maximum absolute atomic E-state index is 6.37. The molecule has 4 rings (SSSR count). The van der Waals surface area contributed by atoms with Gasteiger partial charge < -0.3 is 9.31 Å². The van der Waals surface area contributed by atoms with Crippen molar-refractivity contribution in [1.82, 2.24) is 4.98 Å². The van der Waals surface area contributed by atoms with Crippen molar-refractivity contribution in [3.05, 3.63) is 23.0 Å². The minimum absolute atomic E-state index is 0.249. The van der Waals surface area contributed by atoms with E-state index in [-0.39, 0.29) is 18.3 Å². The van der Waals surface area contributed by atoms with E-state index in [1.54, 1.807) is 0 Å². The molecule has 0 radical (unpaired) electrons. The fourth-order valence-corrected chi connectivity index (χ4v) is 3.66. The Labute approximate surface area is 133 Å². The summed E-state index contributed by atoms with van der Waals surface area (Å²) in [6, 6.07) is 0. The molecule has 0 unspecified atom stereocenters. The van der Waals surface area contributed by atoms with Crippen molar-refractivity contribution in [3.8, 4) is 0 Å². The third-order valence-corrected chi connectivity index (χ3v) is 5.92. The van der Waals surface area contributed by atoms with Gasteiger partial charge in [0.05, 0.1) is 11.2 Å². The number of aryl methyl sites for hydroxylation is 1. The lowest BCUT2D eigenvalue weighted by atomic mass is 9.70. The number of pyridine rings is 1. The van der Waals surface area contributed by atoms with Crippen LogP contribution in [0.4, 0.5) is 0 Å². The van der Waals surface area contributed by atoms with Crippen LogP contribution in [0.1, 0.15) is 76.1 Å². The molecule has 3 nitrogen and oxygen atoms in total. The second kappa shape index (κ2) is 4.81. The van der Waals surface area contributed by atoms with E-state index in [0.29, 0.717) is 5.92 Å². The quantitative estimate of drug-likeness (QED) is 0.786. The van der Waals surface area contributed by atoms with Gasteiger partial charge in [0.25, 0.3) is 0 Å². The zero-order valence-electron chi connectivity index (χ0n) is 14.2. The predicted molar refractivity (Wildman–Crippen MR) is 88.6 cm³/mol. The van der Waals surface area contributed by atoms with Crippen molar-refractivity contribution in [1.29, 1.82) is 0 Å². The molecule has 2 fully saturated rings. The van der Waals surface area contributed by atoms with Gasteiger partial charge in [0.2, 0.25) is 0 Å². The second-order valence-corrected chi connectivity index (χ2v) is 8.13. The van der Waals surface area contributed by atoms with Crippen LogP contribution >= 0.6 is 0 Å². The van der Waals surface area contributed by atoms with Crippen molar-refractivity contribution >= 4 is 12.6 Å². The Bertz CT molecular complexity index is 591. The van der Waals surface area contributed by atoms with Gasteiger partial charge in [0.15, 0.2) is 0 Å². The van der Waals surface area contributed by atoms with Crippen molar-refractivity contribution < 1.29 is 9.31 Å². The van der Waals surface area contributed by atoms with Gasteiger partial charge in [-0.3, -0.25) is 4.98 Å². The van der Waals surface area contributed by atoms with E-state index >= 15 is 0 Å². The van der Waals surface area contributed by atoms with Crippen molar-refractivity contribution in [2.24, 2.45) is 0 Å². The van der Waals surface area contributed by atoms with Gasteiger partial charge in [-0.25, -0.2) is 0 Å². The largest absolute Gasteiger partial charge is 0.497 e. The first kappa shape index (κ1) is 14.7. The number of aromatic nitrogens is 1. The maximum Gasteiger partial charge on any atom is 0.497 e. The van der Waals surface area contributed by atoms with E-state index in [0.717, 1.165) is 12.8 Å². The van der Waals surface area contributed by atoms with Gasteiger partial charge in [-0.2, -0.15) is 0 Å². The highest BCUT2D eigenvalue weighted by molar-refractivity contribution is 6.63. The van der Waals surface area contributed by atoms with E-state index in [1.807, 2.05) is 0 Å². The van der Waals surface area contributed by atoms with Crippen LogP contribution in [0.15, 0.2) is 6.20 Å². The zero-order valence-corrected chi connectivity index (χ0v) is 14.2. The number of hydrogen-bond donors (Lipinski definition) is 0. The van der Waals surface area contributed by atoms with E-state index < -0.39 is 0 Å². The Morgan fingerprint density at radius 3 is 2.32 bits per heavy atom. The van der Waals surface area contributed by atoms with Crippen LogP contribution in [-0.4, -0.2) is 23.3 Å². The summed E-state index contributed by atoms with van der Waals surface area (Å²) < 4.78 is 12.7. The lowest BCUT2D eigenvalue weighted by molar-refractivity contribution is 0.00578. The SMILES string of the molecule is CC1(C)OB(c2c(C3CC3)ncc3c2CCCC3)OC1(C)C. The molecule has 22 heavy (non-hydrogen) atoms. The lowest BCUT2D eigenvalue weighted by Crippen LogP contribution is -2.41. The summed E-state index contributed by atoms with van der Waals surface area (Å²) in [6.45, 7) is 8.53. The summed E-state index contributed by atoms with van der Waals surface area (Å²) in [7, 11) is -0.249. The average molecular weight is 299 g/mol. The molecule has 1 saturated carbocycles. The van der Waals surface area contributed by atoms with Gasteiger partial charge in [0, 0.05) is 23.3 Å². The minimum Gasteiger partial charge on any atom is -0.399 e. The van der Waals surface area contributed by atoms with Gasteiger partial charge in [-0.15, -0.1) is 0 Å². The van der Waals surface area contributed by atoms with E-state index in [2.05, 4.69) is 33.9 Å². The smallest absolute Gasteiger partial charge is 0.399 e. The lowest BCUT2D eigenvalue weighted by Gasteiger charge is -2.32. The standard InChI is InChI=1S/C18H26BNO2/c1-17(2)18(3,4)22-19(21-17)15-14-8-6-5-7-13(14)11-20-16(15)12-9-10-12/h11-12H,5-10H2,1-4H3. The van der Waals surface area contributed by atoms with Crippen LogP contribution in [-0.2, 0) is 22.2 Å². The summed E-state index contributed by atoms with van der Waals surface area (Å²) in [4.78, 5) is 4.83. The van der Waals surface area contributed by atoms with Gasteiger partial charge in [-0.1, -0.05) is 0 Å². The fraction of sp³-hybridized carbons (Fsp3) is 0.722. The first-order valence-electron chi connectivity index (χ1n) is 8.75. The third kappa shape index (κ3) is 2.23. The molecule has 0 aromatic carbocycles. The predicted octanol–water partition coefficient (Wildman–Crippen LogP) is 3.14. The molecular formula is C18H26BNO2. The molecule has 1 saturated heterocycles. The van der Waals surface area contributed by atoms with Crippen molar-refractivity contribution in [2.75, 3.05) is 0 Å². The summed E-state index contributed by atoms with van der Waals surface area (Å²) in [5.41, 5.74) is 4.85. The molecule has 1 aliphatic heterocycles. The Hall–Kier alpha value is -0.865. The highest BCUT2D eigenvalue weighted by Gasteiger charge is 2.53. The Morgan fingerprint density at radius 2 is 1.68 bits per heavy atom. The molecule has 0 atom stereocenters. The second-order valence-electron chi connectivity index (χ2n) is 8.13. The molecule has 2 heterocycles. The topological polar surface area (TPSA) is 31.4 Å². The van der Waals surface area contributed by atoms with E-state index in [1.165, 1.54) is 48.0 Å². The number of fused-ring (bicyclic) bond motifs is 1. The molecule has 0 amide bonds. The van der Waals surface area contributed by atoms with Crippen molar-refractivity contribution in [3.63, 3.8) is 0 Å². The Balaban J connectivity index is 1.80. The highest BCUT2D eigenvalue weighted by atomic mass is 16.7. The van der Waals surface area contributed by atoms with E-state index in [9.17, 15) is 0 Å². The zero-order chi connectivity index (χ0) is 15.5. The molecule has 1 aromatic rings. The third-order valence-electron chi connectivity index (χ3n) is 5.92. The van der Waals surface area contributed by atoms with Crippen LogP contribution in [0.2, 0.25) is 0 Å². The van der Waals surface area contributed by atoms with Gasteiger partial charge in [-0.05, 0) is 77.3 Å². The van der Waals surface area contributed by atoms with Gasteiger partial charge >= 0.3 is 7.12 Å². The molecular weight excluding hydrogens is 273 g/mol. The highest BCUT2D eigenvalue weighted by Crippen LogP contribution is 2.42. The number of rotatable bonds is 2. The molecule has 0 bridgehead atoms. The number of hydrogen-bond acceptors (Lipinski definition) is 3. The number of nitrogens with zero attached hydrogens (tertiary/aromatic N) is 1. The van der Waals surface area contributed by atoms with Crippen LogP contribution in [0, 0.1) is 0 Å². The Kier molecular flexibility index (Phi) is 3.22. The van der Waals surface area contributed by atoms with Gasteiger partial charge in [0.1, 0.15) is 0 Å². The van der Waals surface area contributed by atoms with Crippen LogP contribution in [0.25, 0.3) is 0 Å². The Morgan fingerprint density at radius 1 is 1.05 bits per heavy atom. The molecule has 2 aliphatic carbocycles. The summed E-state index contributed by atoms with van der Waals surface area (Å²) in [6.07, 6.45) is 9.50. The summed E-state index contributed by atoms with van der Waals surface area (Å²) in [5, 5.41) is 0. The maximum atomic E-state index is 6.37. The van der Waals surface area contributed by atoms with Crippen LogP contribution in [0.5, 0.6) is 0 Å². The molecule has 0 N–H and O–H groups in total. The molecule has 118 valence electrons. The average Bonchev–Trinajstić information content (AvgIpc) is 3.26. The molecule has 1 aromatic heterocycles. The van der Waals surface area contributed by atoms with Crippen molar-refractivity contribution in [2.45, 2.75) is 83.3 Å². The minimum atomic E-state index is -0.282. The molecule has 3 aliphatic rings. The monoisotopic (exact) mass is 299 g/mol.